The number of nitrogens with one attached hydrogen (secondary N) is 1. The smallest absolute Gasteiger partial charge is 0.240 e. The molecule has 0 saturated carbocycles. The molecule has 5 rings (SSSR count). The highest BCUT2D eigenvalue weighted by Crippen LogP contribution is 2.40. The van der Waals surface area contributed by atoms with Gasteiger partial charge in [-0.2, -0.15) is 0 Å². The van der Waals surface area contributed by atoms with Gasteiger partial charge in [-0.25, -0.2) is 26.3 Å². The Balaban J connectivity index is 1.15. The summed E-state index contributed by atoms with van der Waals surface area (Å²) in [5.74, 6) is -2.47. The fraction of sp³-hybridized carbons (Fsp3) is 0.500. The van der Waals surface area contributed by atoms with Crippen LogP contribution in [0.5, 0.6) is 11.5 Å². The van der Waals surface area contributed by atoms with Gasteiger partial charge in [0.1, 0.15) is 19.0 Å². The lowest BCUT2D eigenvalue weighted by Gasteiger charge is -2.41. The second kappa shape index (κ2) is 10.7. The summed E-state index contributed by atoms with van der Waals surface area (Å²) in [6.45, 7) is 0.686. The van der Waals surface area contributed by atoms with Crippen LogP contribution in [-0.2, 0) is 21.2 Å². The molecular weight excluding hydrogens is 523 g/mol. The van der Waals surface area contributed by atoms with Crippen molar-refractivity contribution >= 4 is 15.9 Å². The number of benzene rings is 2. The predicted molar refractivity (Wildman–Crippen MR) is 132 cm³/mol. The summed E-state index contributed by atoms with van der Waals surface area (Å²) >= 11 is 0. The molecule has 8 nitrogen and oxygen atoms in total. The first-order valence-electron chi connectivity index (χ1n) is 12.7. The van der Waals surface area contributed by atoms with Gasteiger partial charge in [-0.1, -0.05) is 0 Å². The number of amides is 1. The Morgan fingerprint density at radius 3 is 2.37 bits per heavy atom. The molecule has 3 atom stereocenters. The van der Waals surface area contributed by atoms with E-state index >= 15 is 0 Å². The number of carbonyl (C=O) groups excluding carboxylic acids is 1. The molecule has 3 aliphatic heterocycles. The van der Waals surface area contributed by atoms with Gasteiger partial charge in [-0.05, 0) is 61.8 Å². The molecule has 1 amide bonds. The number of halogens is 3. The van der Waals surface area contributed by atoms with Crippen molar-refractivity contribution in [1.29, 1.82) is 0 Å². The quantitative estimate of drug-likeness (QED) is 0.487. The van der Waals surface area contributed by atoms with Crippen LogP contribution in [0.1, 0.15) is 37.7 Å². The van der Waals surface area contributed by atoms with E-state index in [-0.39, 0.29) is 53.8 Å². The van der Waals surface area contributed by atoms with Gasteiger partial charge in [0.05, 0.1) is 4.90 Å². The van der Waals surface area contributed by atoms with Crippen LogP contribution >= 0.6 is 0 Å². The number of piperidine rings is 1. The largest absolute Gasteiger partial charge is 0.486 e. The monoisotopic (exact) mass is 553 g/mol. The number of rotatable bonds is 8. The van der Waals surface area contributed by atoms with Crippen molar-refractivity contribution < 1.29 is 35.9 Å². The normalized spacial score (nSPS) is 23.4. The molecule has 12 heteroatoms. The Morgan fingerprint density at radius 2 is 1.66 bits per heavy atom. The molecule has 3 heterocycles. The highest BCUT2D eigenvalue weighted by Gasteiger charge is 2.44. The lowest BCUT2D eigenvalue weighted by Crippen LogP contribution is -2.50. The van der Waals surface area contributed by atoms with Crippen LogP contribution in [0.3, 0.4) is 0 Å². The van der Waals surface area contributed by atoms with E-state index in [1.807, 2.05) is 4.90 Å². The lowest BCUT2D eigenvalue weighted by molar-refractivity contribution is -0.136. The summed E-state index contributed by atoms with van der Waals surface area (Å²) in [6.07, 6.45) is 2.94. The number of ether oxygens (including phenoxy) is 2. The van der Waals surface area contributed by atoms with Gasteiger partial charge in [-0.15, -0.1) is 0 Å². The zero-order valence-corrected chi connectivity index (χ0v) is 21.5. The fourth-order valence-corrected chi connectivity index (χ4v) is 6.86. The summed E-state index contributed by atoms with van der Waals surface area (Å²) in [5, 5.41) is 0. The molecule has 2 fully saturated rings. The predicted octanol–water partition coefficient (Wildman–Crippen LogP) is 2.88. The van der Waals surface area contributed by atoms with E-state index in [2.05, 4.69) is 4.72 Å². The van der Waals surface area contributed by atoms with Crippen LogP contribution in [0.25, 0.3) is 0 Å². The van der Waals surface area contributed by atoms with E-state index in [1.165, 1.54) is 12.1 Å². The zero-order valence-electron chi connectivity index (χ0n) is 20.7. The molecule has 3 aliphatic rings. The Labute approximate surface area is 219 Å². The van der Waals surface area contributed by atoms with Crippen molar-refractivity contribution in [2.75, 3.05) is 19.8 Å². The average Bonchev–Trinajstić information content (AvgIpc) is 3.15. The minimum absolute atomic E-state index is 0.00206. The fourth-order valence-electron chi connectivity index (χ4n) is 5.81. The summed E-state index contributed by atoms with van der Waals surface area (Å²) in [6, 6.07) is 5.21. The van der Waals surface area contributed by atoms with Crippen molar-refractivity contribution in [3.8, 4) is 11.5 Å². The van der Waals surface area contributed by atoms with Crippen molar-refractivity contribution in [3.63, 3.8) is 0 Å². The highest BCUT2D eigenvalue weighted by atomic mass is 32.2. The Morgan fingerprint density at radius 1 is 1.00 bits per heavy atom. The van der Waals surface area contributed by atoms with Crippen LogP contribution < -0.4 is 19.9 Å². The van der Waals surface area contributed by atoms with E-state index in [9.17, 15) is 26.4 Å². The number of nitrogens with zero attached hydrogens (tertiary/aromatic N) is 1. The molecule has 2 bridgehead atoms. The standard InChI is InChI=1S/C26H30F3N3O5S/c27-20-14-22(29)21(28)11-15(20)12-23(30)16-9-17-1-2-18(10-16)32(17)26(33)5-6-31-38(34,35)19-3-4-24-25(13-19)37-8-7-36-24/h3-4,11,13-14,16-18,23,31H,1-2,5-10,12,30H2. The topological polar surface area (TPSA) is 111 Å². The molecular formula is C26H30F3N3O5S. The Bertz CT molecular complexity index is 1310. The van der Waals surface area contributed by atoms with Gasteiger partial charge in [-0.3, -0.25) is 4.79 Å². The van der Waals surface area contributed by atoms with Gasteiger partial charge in [0.2, 0.25) is 15.9 Å². The van der Waals surface area contributed by atoms with Crippen LogP contribution in [0, 0.1) is 23.4 Å². The van der Waals surface area contributed by atoms with Gasteiger partial charge in [0.25, 0.3) is 0 Å². The van der Waals surface area contributed by atoms with E-state index in [4.69, 9.17) is 15.2 Å². The van der Waals surface area contributed by atoms with Crippen molar-refractivity contribution in [1.82, 2.24) is 9.62 Å². The molecule has 2 aromatic rings. The number of hydrogen-bond donors (Lipinski definition) is 2. The third-order valence-electron chi connectivity index (χ3n) is 7.66. The number of hydrogen-bond acceptors (Lipinski definition) is 6. The number of sulfonamides is 1. The first-order valence-corrected chi connectivity index (χ1v) is 14.2. The van der Waals surface area contributed by atoms with Gasteiger partial charge in [0, 0.05) is 43.2 Å². The summed E-state index contributed by atoms with van der Waals surface area (Å²) in [5.41, 5.74) is 6.39. The van der Waals surface area contributed by atoms with Gasteiger partial charge >= 0.3 is 0 Å². The first kappa shape index (κ1) is 26.8. The summed E-state index contributed by atoms with van der Waals surface area (Å²) in [4.78, 5) is 14.9. The Hall–Kier alpha value is -2.83. The molecule has 0 spiro atoms. The molecule has 3 unspecified atom stereocenters. The number of fused-ring (bicyclic) bond motifs is 3. The number of nitrogens with two attached hydrogens (primary N) is 1. The minimum atomic E-state index is -3.84. The maximum absolute atomic E-state index is 14.1. The molecule has 2 saturated heterocycles. The maximum atomic E-state index is 14.1. The molecule has 2 aromatic carbocycles. The van der Waals surface area contributed by atoms with Gasteiger partial charge in [0.15, 0.2) is 23.1 Å². The van der Waals surface area contributed by atoms with Crippen molar-refractivity contribution in [2.24, 2.45) is 11.7 Å². The van der Waals surface area contributed by atoms with E-state index in [0.717, 1.165) is 18.9 Å². The molecule has 0 aromatic heterocycles. The second-order valence-corrected chi connectivity index (χ2v) is 11.9. The SMILES string of the molecule is NC(Cc1cc(F)c(F)cc1F)C1CC2CCC(C1)N2C(=O)CCNS(=O)(=O)c1ccc2c(c1)OCCO2. The second-order valence-electron chi connectivity index (χ2n) is 10.1. The first-order chi connectivity index (χ1) is 18.1. The summed E-state index contributed by atoms with van der Waals surface area (Å²) < 4.78 is 79.8. The molecule has 38 heavy (non-hydrogen) atoms. The summed E-state index contributed by atoms with van der Waals surface area (Å²) in [7, 11) is -3.84. The van der Waals surface area contributed by atoms with Gasteiger partial charge < -0.3 is 20.1 Å². The molecule has 0 aliphatic carbocycles. The minimum Gasteiger partial charge on any atom is -0.486 e. The van der Waals surface area contributed by atoms with Crippen LogP contribution in [0.4, 0.5) is 13.2 Å². The van der Waals surface area contributed by atoms with Crippen LogP contribution in [-0.4, -0.2) is 57.1 Å². The van der Waals surface area contributed by atoms with E-state index in [1.54, 1.807) is 6.07 Å². The van der Waals surface area contributed by atoms with Crippen molar-refractivity contribution in [2.45, 2.75) is 61.5 Å². The average molecular weight is 554 g/mol. The van der Waals surface area contributed by atoms with E-state index < -0.39 is 33.5 Å². The van der Waals surface area contributed by atoms with E-state index in [0.29, 0.717) is 43.6 Å². The zero-order chi connectivity index (χ0) is 27.0. The molecule has 3 N–H and O–H groups in total. The van der Waals surface area contributed by atoms with Crippen LogP contribution in [0.15, 0.2) is 35.2 Å². The van der Waals surface area contributed by atoms with Crippen molar-refractivity contribution in [3.05, 3.63) is 53.3 Å². The highest BCUT2D eigenvalue weighted by molar-refractivity contribution is 7.89. The third-order valence-corrected chi connectivity index (χ3v) is 9.12. The Kier molecular flexibility index (Phi) is 7.56. The molecule has 206 valence electrons. The number of carbonyl (C=O) groups is 1. The maximum Gasteiger partial charge on any atom is 0.240 e. The lowest BCUT2D eigenvalue weighted by atomic mass is 9.82. The third kappa shape index (κ3) is 5.48. The molecule has 0 radical (unpaired) electrons. The van der Waals surface area contributed by atoms with Crippen LogP contribution in [0.2, 0.25) is 0 Å².